The molecule has 0 saturated heterocycles. The molecule has 0 heterocycles. The molecule has 102 valence electrons. The Morgan fingerprint density at radius 2 is 1.89 bits per heavy atom. The normalized spacial score (nSPS) is 25.3. The van der Waals surface area contributed by atoms with Crippen molar-refractivity contribution >= 4 is 27.5 Å². The highest BCUT2D eigenvalue weighted by Gasteiger charge is 2.23. The Morgan fingerprint density at radius 3 is 2.53 bits per heavy atom. The van der Waals surface area contributed by atoms with Crippen LogP contribution in [0.25, 0.3) is 0 Å². The molecule has 1 aliphatic rings. The van der Waals surface area contributed by atoms with Gasteiger partial charge < -0.3 is 0 Å². The van der Waals surface area contributed by atoms with Gasteiger partial charge in [-0.15, -0.1) is 0 Å². The van der Waals surface area contributed by atoms with Crippen molar-refractivity contribution in [2.75, 3.05) is 0 Å². The van der Waals surface area contributed by atoms with Gasteiger partial charge in [0.2, 0.25) is 0 Å². The lowest BCUT2D eigenvalue weighted by Gasteiger charge is -2.26. The lowest BCUT2D eigenvalue weighted by molar-refractivity contribution is 0.0953. The van der Waals surface area contributed by atoms with E-state index in [-0.39, 0.29) is 5.91 Å². The van der Waals surface area contributed by atoms with E-state index in [1.54, 1.807) is 6.07 Å². The van der Waals surface area contributed by atoms with Crippen molar-refractivity contribution < 1.29 is 4.79 Å². The van der Waals surface area contributed by atoms with E-state index in [1.807, 2.05) is 18.2 Å². The summed E-state index contributed by atoms with van der Waals surface area (Å²) in [6.07, 6.45) is 3.57. The lowest BCUT2D eigenvalue weighted by atomic mass is 9.81. The number of carbonyl (C=O) groups excluding carboxylic acids is 1. The Balaban J connectivity index is 2.09. The first kappa shape index (κ1) is 14.3. The summed E-state index contributed by atoms with van der Waals surface area (Å²) in [6, 6.07) is 7.37. The molecule has 0 bridgehead atoms. The minimum atomic E-state index is -0.162. The summed E-state index contributed by atoms with van der Waals surface area (Å²) in [6.45, 7) is 4.36. The largest absolute Gasteiger partial charge is 0.272 e. The van der Waals surface area contributed by atoms with Gasteiger partial charge >= 0.3 is 0 Å². The molecule has 0 unspecified atom stereocenters. The van der Waals surface area contributed by atoms with Gasteiger partial charge in [-0.1, -0.05) is 32.4 Å². The third-order valence-electron chi connectivity index (χ3n) is 3.69. The molecule has 4 heteroatoms. The van der Waals surface area contributed by atoms with Gasteiger partial charge in [0.15, 0.2) is 0 Å². The molecule has 1 saturated carbocycles. The third kappa shape index (κ3) is 3.44. The first-order chi connectivity index (χ1) is 9.09. The van der Waals surface area contributed by atoms with E-state index in [0.29, 0.717) is 17.4 Å². The topological polar surface area (TPSA) is 41.5 Å². The summed E-state index contributed by atoms with van der Waals surface area (Å²) < 4.78 is 0.789. The van der Waals surface area contributed by atoms with Crippen LogP contribution in [0.3, 0.4) is 0 Å². The number of halogens is 1. The fourth-order valence-electron chi connectivity index (χ4n) is 2.55. The second-order valence-corrected chi connectivity index (χ2v) is 6.04. The molecule has 1 N–H and O–H groups in total. The summed E-state index contributed by atoms with van der Waals surface area (Å²) >= 11 is 3.38. The number of hydrogen-bond acceptors (Lipinski definition) is 2. The molecule has 1 aromatic rings. The van der Waals surface area contributed by atoms with Crippen molar-refractivity contribution in [1.29, 1.82) is 0 Å². The molecule has 1 amide bonds. The second-order valence-electron chi connectivity index (χ2n) is 5.19. The van der Waals surface area contributed by atoms with Crippen LogP contribution in [0.4, 0.5) is 0 Å². The second kappa shape index (κ2) is 6.33. The quantitative estimate of drug-likeness (QED) is 0.822. The maximum absolute atomic E-state index is 12.1. The highest BCUT2D eigenvalue weighted by atomic mass is 79.9. The van der Waals surface area contributed by atoms with Crippen LogP contribution in [-0.2, 0) is 0 Å². The van der Waals surface area contributed by atoms with Gasteiger partial charge in [-0.3, -0.25) is 4.79 Å². The summed E-state index contributed by atoms with van der Waals surface area (Å²) in [4.78, 5) is 12.1. The van der Waals surface area contributed by atoms with Crippen molar-refractivity contribution in [2.24, 2.45) is 16.9 Å². The van der Waals surface area contributed by atoms with Gasteiger partial charge in [-0.25, -0.2) is 5.43 Å². The number of hydrogen-bond donors (Lipinski definition) is 1. The molecule has 2 rings (SSSR count). The number of nitrogens with one attached hydrogen (secondary N) is 1. The van der Waals surface area contributed by atoms with Crippen LogP contribution in [-0.4, -0.2) is 11.6 Å². The SMILES string of the molecule is C[C@@H]1CCC[C@H](C)C1=NNC(=O)c1ccccc1Br. The van der Waals surface area contributed by atoms with E-state index in [2.05, 4.69) is 40.3 Å². The van der Waals surface area contributed by atoms with Crippen LogP contribution in [0.5, 0.6) is 0 Å². The molecule has 0 aromatic heterocycles. The molecule has 0 spiro atoms. The number of rotatable bonds is 2. The number of carbonyl (C=O) groups is 1. The van der Waals surface area contributed by atoms with Gasteiger partial charge in [0.1, 0.15) is 0 Å². The van der Waals surface area contributed by atoms with Gasteiger partial charge in [-0.05, 0) is 52.7 Å². The Bertz CT molecular complexity index is 487. The summed E-state index contributed by atoms with van der Waals surface area (Å²) in [5, 5.41) is 4.36. The number of hydrazone groups is 1. The Kier molecular flexibility index (Phi) is 4.75. The monoisotopic (exact) mass is 322 g/mol. The minimum Gasteiger partial charge on any atom is -0.267 e. The smallest absolute Gasteiger partial charge is 0.267 e. The molecule has 1 fully saturated rings. The predicted octanol–water partition coefficient (Wildman–Crippen LogP) is 3.99. The van der Waals surface area contributed by atoms with Crippen LogP contribution >= 0.6 is 15.9 Å². The standard InChI is InChI=1S/C15H19BrN2O/c1-10-6-5-7-11(2)14(10)17-18-15(19)12-8-3-4-9-13(12)16/h3-4,8-11H,5-7H2,1-2H3,(H,18,19)/t10-,11+. The first-order valence-corrected chi connectivity index (χ1v) is 7.51. The number of nitrogens with zero attached hydrogens (tertiary/aromatic N) is 1. The Labute approximate surface area is 122 Å². The van der Waals surface area contributed by atoms with Gasteiger partial charge in [-0.2, -0.15) is 5.10 Å². The average Bonchev–Trinajstić information content (AvgIpc) is 2.38. The molecule has 19 heavy (non-hydrogen) atoms. The van der Waals surface area contributed by atoms with Gasteiger partial charge in [0.05, 0.1) is 5.56 Å². The molecule has 3 nitrogen and oxygen atoms in total. The van der Waals surface area contributed by atoms with Gasteiger partial charge in [0, 0.05) is 10.2 Å². The van der Waals surface area contributed by atoms with Crippen LogP contribution in [0, 0.1) is 11.8 Å². The summed E-state index contributed by atoms with van der Waals surface area (Å²) in [5.41, 5.74) is 4.42. The van der Waals surface area contributed by atoms with Crippen LogP contribution in [0.1, 0.15) is 43.5 Å². The molecule has 0 radical (unpaired) electrons. The van der Waals surface area contributed by atoms with Gasteiger partial charge in [0.25, 0.3) is 5.91 Å². The highest BCUT2D eigenvalue weighted by molar-refractivity contribution is 9.10. The van der Waals surface area contributed by atoms with Crippen molar-refractivity contribution in [3.63, 3.8) is 0 Å². The maximum Gasteiger partial charge on any atom is 0.272 e. The molecule has 1 aliphatic carbocycles. The third-order valence-corrected chi connectivity index (χ3v) is 4.38. The maximum atomic E-state index is 12.1. The molecule has 2 atom stereocenters. The van der Waals surface area contributed by atoms with E-state index in [9.17, 15) is 4.79 Å². The molecular weight excluding hydrogens is 304 g/mol. The molecular formula is C15H19BrN2O. The Morgan fingerprint density at radius 1 is 1.26 bits per heavy atom. The lowest BCUT2D eigenvalue weighted by Crippen LogP contribution is -2.29. The van der Waals surface area contributed by atoms with Crippen molar-refractivity contribution in [2.45, 2.75) is 33.1 Å². The number of amides is 1. The minimum absolute atomic E-state index is 0.162. The zero-order valence-electron chi connectivity index (χ0n) is 11.3. The van der Waals surface area contributed by atoms with Crippen LogP contribution in [0.15, 0.2) is 33.8 Å². The first-order valence-electron chi connectivity index (χ1n) is 6.72. The average molecular weight is 323 g/mol. The Hall–Kier alpha value is -1.16. The fourth-order valence-corrected chi connectivity index (χ4v) is 3.02. The molecule has 0 aliphatic heterocycles. The van der Waals surface area contributed by atoms with E-state index >= 15 is 0 Å². The van der Waals surface area contributed by atoms with E-state index in [1.165, 1.54) is 6.42 Å². The predicted molar refractivity (Wildman–Crippen MR) is 81.2 cm³/mol. The van der Waals surface area contributed by atoms with Crippen LogP contribution < -0.4 is 5.43 Å². The fraction of sp³-hybridized carbons (Fsp3) is 0.467. The van der Waals surface area contributed by atoms with E-state index in [4.69, 9.17) is 0 Å². The van der Waals surface area contributed by atoms with Crippen molar-refractivity contribution in [1.82, 2.24) is 5.43 Å². The van der Waals surface area contributed by atoms with Crippen molar-refractivity contribution in [3.8, 4) is 0 Å². The van der Waals surface area contributed by atoms with Crippen molar-refractivity contribution in [3.05, 3.63) is 34.3 Å². The number of benzene rings is 1. The van der Waals surface area contributed by atoms with E-state index < -0.39 is 0 Å². The molecule has 1 aromatic carbocycles. The summed E-state index contributed by atoms with van der Waals surface area (Å²) in [5.74, 6) is 0.761. The highest BCUT2D eigenvalue weighted by Crippen LogP contribution is 2.26. The zero-order valence-corrected chi connectivity index (χ0v) is 12.9. The summed E-state index contributed by atoms with van der Waals surface area (Å²) in [7, 11) is 0. The van der Waals surface area contributed by atoms with E-state index in [0.717, 1.165) is 23.0 Å². The van der Waals surface area contributed by atoms with Crippen LogP contribution in [0.2, 0.25) is 0 Å². The zero-order chi connectivity index (χ0) is 13.8.